The van der Waals surface area contributed by atoms with Crippen LogP contribution >= 0.6 is 0 Å². The van der Waals surface area contributed by atoms with Crippen LogP contribution in [0.25, 0.3) is 0 Å². The highest BCUT2D eigenvalue weighted by molar-refractivity contribution is 5.01. The lowest BCUT2D eigenvalue weighted by Gasteiger charge is -2.47. The summed E-state index contributed by atoms with van der Waals surface area (Å²) in [4.78, 5) is 0. The second-order valence-corrected chi connectivity index (χ2v) is 7.55. The molecule has 120 valence electrons. The Hall–Kier alpha value is -0.940. The van der Waals surface area contributed by atoms with Crippen LogP contribution in [0.15, 0.2) is 0 Å². The summed E-state index contributed by atoms with van der Waals surface area (Å²) < 4.78 is 2.12. The van der Waals surface area contributed by atoms with E-state index in [0.29, 0.717) is 12.5 Å². The maximum Gasteiger partial charge on any atom is 0.147 e. The van der Waals surface area contributed by atoms with Crippen LogP contribution in [0, 0.1) is 18.3 Å². The largest absolute Gasteiger partial charge is 0.394 e. The SMILES string of the molecule is CCn1c(C)nnc1CNC1(CO)CC(C)CC(C)(C)C1. The van der Waals surface area contributed by atoms with E-state index in [4.69, 9.17) is 0 Å². The fourth-order valence-corrected chi connectivity index (χ4v) is 4.29. The van der Waals surface area contributed by atoms with Gasteiger partial charge in [-0.3, -0.25) is 0 Å². The summed E-state index contributed by atoms with van der Waals surface area (Å²) in [5.41, 5.74) is 0.0708. The van der Waals surface area contributed by atoms with Crippen LogP contribution < -0.4 is 5.32 Å². The van der Waals surface area contributed by atoms with Crippen molar-refractivity contribution in [2.24, 2.45) is 11.3 Å². The third kappa shape index (κ3) is 3.64. The lowest BCUT2D eigenvalue weighted by Crippen LogP contribution is -2.55. The minimum Gasteiger partial charge on any atom is -0.394 e. The standard InChI is InChI=1S/C16H30N4O/c1-6-20-13(3)18-19-14(20)9-17-16(11-21)8-12(2)7-15(4,5)10-16/h12,17,21H,6-11H2,1-5H3. The molecule has 1 heterocycles. The lowest BCUT2D eigenvalue weighted by atomic mass is 9.64. The highest BCUT2D eigenvalue weighted by Gasteiger charge is 2.42. The van der Waals surface area contributed by atoms with E-state index >= 15 is 0 Å². The molecule has 1 aliphatic rings. The molecular weight excluding hydrogens is 264 g/mol. The van der Waals surface area contributed by atoms with Crippen LogP contribution in [-0.4, -0.2) is 32.0 Å². The monoisotopic (exact) mass is 294 g/mol. The number of aliphatic hydroxyl groups is 1. The third-order valence-electron chi connectivity index (χ3n) is 4.71. The Balaban J connectivity index is 2.11. The van der Waals surface area contributed by atoms with Gasteiger partial charge in [-0.2, -0.15) is 0 Å². The van der Waals surface area contributed by atoms with Crippen LogP contribution in [0.1, 0.15) is 58.6 Å². The van der Waals surface area contributed by atoms with E-state index in [-0.39, 0.29) is 17.6 Å². The Labute approximate surface area is 128 Å². The molecule has 5 nitrogen and oxygen atoms in total. The van der Waals surface area contributed by atoms with E-state index in [0.717, 1.165) is 31.0 Å². The molecule has 2 rings (SSSR count). The van der Waals surface area contributed by atoms with Crippen molar-refractivity contribution in [2.45, 2.75) is 72.5 Å². The van der Waals surface area contributed by atoms with Crippen molar-refractivity contribution >= 4 is 0 Å². The van der Waals surface area contributed by atoms with Crippen LogP contribution in [0.3, 0.4) is 0 Å². The van der Waals surface area contributed by atoms with Crippen molar-refractivity contribution in [3.8, 4) is 0 Å². The van der Waals surface area contributed by atoms with Gasteiger partial charge < -0.3 is 15.0 Å². The normalized spacial score (nSPS) is 28.8. The molecule has 0 aliphatic heterocycles. The van der Waals surface area contributed by atoms with Crippen molar-refractivity contribution in [1.29, 1.82) is 0 Å². The number of nitrogens with zero attached hydrogens (tertiary/aromatic N) is 3. The summed E-state index contributed by atoms with van der Waals surface area (Å²) in [5.74, 6) is 2.53. The van der Waals surface area contributed by atoms with Gasteiger partial charge in [0, 0.05) is 12.1 Å². The quantitative estimate of drug-likeness (QED) is 0.874. The maximum atomic E-state index is 10.00. The van der Waals surface area contributed by atoms with Crippen LogP contribution in [-0.2, 0) is 13.1 Å². The van der Waals surface area contributed by atoms with Crippen molar-refractivity contribution < 1.29 is 5.11 Å². The zero-order valence-corrected chi connectivity index (χ0v) is 14.1. The molecule has 5 heteroatoms. The van der Waals surface area contributed by atoms with Crippen LogP contribution in [0.2, 0.25) is 0 Å². The summed E-state index contributed by atoms with van der Waals surface area (Å²) in [6, 6.07) is 0. The topological polar surface area (TPSA) is 63.0 Å². The highest BCUT2D eigenvalue weighted by atomic mass is 16.3. The number of hydrogen-bond donors (Lipinski definition) is 2. The molecule has 0 radical (unpaired) electrons. The average Bonchev–Trinajstić information content (AvgIpc) is 2.74. The summed E-state index contributed by atoms with van der Waals surface area (Å²) in [6.45, 7) is 12.7. The molecule has 0 saturated heterocycles. The Morgan fingerprint density at radius 1 is 1.33 bits per heavy atom. The van der Waals surface area contributed by atoms with Crippen molar-refractivity contribution in [3.63, 3.8) is 0 Å². The molecule has 0 spiro atoms. The van der Waals surface area contributed by atoms with Gasteiger partial charge in [0.1, 0.15) is 11.6 Å². The zero-order chi connectivity index (χ0) is 15.7. The minimum absolute atomic E-state index is 0.181. The van der Waals surface area contributed by atoms with Crippen molar-refractivity contribution in [2.75, 3.05) is 6.61 Å². The smallest absolute Gasteiger partial charge is 0.147 e. The molecule has 1 fully saturated rings. The molecule has 0 amide bonds. The number of nitrogens with one attached hydrogen (secondary N) is 1. The first-order valence-corrected chi connectivity index (χ1v) is 8.05. The van der Waals surface area contributed by atoms with Gasteiger partial charge in [-0.05, 0) is 44.4 Å². The Morgan fingerprint density at radius 3 is 2.62 bits per heavy atom. The molecular formula is C16H30N4O. The van der Waals surface area contributed by atoms with Gasteiger partial charge in [0.2, 0.25) is 0 Å². The van der Waals surface area contributed by atoms with Gasteiger partial charge in [-0.15, -0.1) is 10.2 Å². The second-order valence-electron chi connectivity index (χ2n) is 7.55. The van der Waals surface area contributed by atoms with E-state index in [1.807, 2.05) is 6.92 Å². The maximum absolute atomic E-state index is 10.00. The van der Waals surface area contributed by atoms with Crippen LogP contribution in [0.5, 0.6) is 0 Å². The molecule has 21 heavy (non-hydrogen) atoms. The second kappa shape index (κ2) is 6.05. The summed E-state index contributed by atoms with van der Waals surface area (Å²) in [5, 5.41) is 22.0. The predicted octanol–water partition coefficient (Wildman–Crippen LogP) is 2.27. The van der Waals surface area contributed by atoms with E-state index in [1.165, 1.54) is 6.42 Å². The highest BCUT2D eigenvalue weighted by Crippen LogP contribution is 2.43. The van der Waals surface area contributed by atoms with Crippen molar-refractivity contribution in [3.05, 3.63) is 11.6 Å². The number of rotatable bonds is 5. The van der Waals surface area contributed by atoms with Gasteiger partial charge in [0.15, 0.2) is 0 Å². The third-order valence-corrected chi connectivity index (χ3v) is 4.71. The van der Waals surface area contributed by atoms with E-state index in [2.05, 4.69) is 47.8 Å². The number of hydrogen-bond acceptors (Lipinski definition) is 4. The minimum atomic E-state index is -0.195. The summed E-state index contributed by atoms with van der Waals surface area (Å²) >= 11 is 0. The zero-order valence-electron chi connectivity index (χ0n) is 14.1. The predicted molar refractivity (Wildman–Crippen MR) is 83.9 cm³/mol. The van der Waals surface area contributed by atoms with E-state index in [9.17, 15) is 5.11 Å². The fraction of sp³-hybridized carbons (Fsp3) is 0.875. The number of aliphatic hydroxyl groups excluding tert-OH is 1. The van der Waals surface area contributed by atoms with Gasteiger partial charge in [-0.1, -0.05) is 20.8 Å². The molecule has 1 aromatic heterocycles. The van der Waals surface area contributed by atoms with E-state index < -0.39 is 0 Å². The molecule has 1 aromatic rings. The van der Waals surface area contributed by atoms with Gasteiger partial charge in [-0.25, -0.2) is 0 Å². The summed E-state index contributed by atoms with van der Waals surface area (Å²) in [6.07, 6.45) is 3.24. The molecule has 1 aliphatic carbocycles. The lowest BCUT2D eigenvalue weighted by molar-refractivity contribution is 0.0346. The molecule has 0 aromatic carbocycles. The molecule has 1 saturated carbocycles. The number of aromatic nitrogens is 3. The Kier molecular flexibility index (Phi) is 4.73. The Bertz CT molecular complexity index is 483. The number of aryl methyl sites for hydroxylation is 1. The first-order valence-electron chi connectivity index (χ1n) is 8.05. The fourth-order valence-electron chi connectivity index (χ4n) is 4.29. The van der Waals surface area contributed by atoms with Gasteiger partial charge in [0.05, 0.1) is 13.2 Å². The first kappa shape index (κ1) is 16.4. The van der Waals surface area contributed by atoms with Crippen LogP contribution in [0.4, 0.5) is 0 Å². The molecule has 2 N–H and O–H groups in total. The summed E-state index contributed by atoms with van der Waals surface area (Å²) in [7, 11) is 0. The van der Waals surface area contributed by atoms with Crippen molar-refractivity contribution in [1.82, 2.24) is 20.1 Å². The molecule has 2 atom stereocenters. The molecule has 0 bridgehead atoms. The Morgan fingerprint density at radius 2 is 2.05 bits per heavy atom. The van der Waals surface area contributed by atoms with Gasteiger partial charge in [0.25, 0.3) is 0 Å². The average molecular weight is 294 g/mol. The first-order chi connectivity index (χ1) is 9.81. The van der Waals surface area contributed by atoms with E-state index in [1.54, 1.807) is 0 Å². The van der Waals surface area contributed by atoms with Gasteiger partial charge >= 0.3 is 0 Å². The molecule has 2 unspecified atom stereocenters.